The van der Waals surface area contributed by atoms with Crippen LogP contribution in [0.5, 0.6) is 5.75 Å². The topological polar surface area (TPSA) is 51.5 Å². The molecule has 0 saturated heterocycles. The Balaban J connectivity index is 1.94. The normalized spacial score (nSPS) is 12.1. The quantitative estimate of drug-likeness (QED) is 0.472. The summed E-state index contributed by atoms with van der Waals surface area (Å²) >= 11 is 0. The molecule has 150 valence electrons. The van der Waals surface area contributed by atoms with Gasteiger partial charge >= 0.3 is 0 Å². The molecule has 1 heterocycles. The zero-order chi connectivity index (χ0) is 20.6. The fourth-order valence-electron chi connectivity index (χ4n) is 3.74. The van der Waals surface area contributed by atoms with Crippen LogP contribution >= 0.6 is 0 Å². The highest BCUT2D eigenvalue weighted by Crippen LogP contribution is 2.33. The molecule has 0 radical (unpaired) electrons. The lowest BCUT2D eigenvalue weighted by molar-refractivity contribution is 0.326. The molecule has 0 unspecified atom stereocenters. The van der Waals surface area contributed by atoms with Gasteiger partial charge in [-0.2, -0.15) is 0 Å². The Morgan fingerprint density at radius 1 is 0.931 bits per heavy atom. The van der Waals surface area contributed by atoms with Crippen molar-refractivity contribution in [1.29, 1.82) is 0 Å². The fourth-order valence-corrected chi connectivity index (χ4v) is 5.30. The molecule has 4 aromatic rings. The minimum atomic E-state index is -3.76. The molecule has 0 amide bonds. The Bertz CT molecular complexity index is 1280. The maximum Gasteiger partial charge on any atom is 0.268 e. The van der Waals surface area contributed by atoms with E-state index < -0.39 is 10.0 Å². The number of nitrogens with zero attached hydrogens (tertiary/aromatic N) is 2. The Hall–Kier alpha value is -2.83. The van der Waals surface area contributed by atoms with Crippen LogP contribution in [0.4, 0.5) is 0 Å². The van der Waals surface area contributed by atoms with Gasteiger partial charge in [0.2, 0.25) is 0 Å². The fraction of sp³-hybridized carbons (Fsp3) is 0.217. The van der Waals surface area contributed by atoms with E-state index in [9.17, 15) is 8.42 Å². The van der Waals surface area contributed by atoms with Gasteiger partial charge in [0.05, 0.1) is 17.0 Å². The standard InChI is InChI=1S/C23H24N2O3S/c1-4-28-22-13-12-21-19(20(22)16-24(2)3)14-15-25(21)29(26,27)23-11-7-9-17-8-5-6-10-18(17)23/h5-15H,4,16H2,1-3H3. The highest BCUT2D eigenvalue weighted by Gasteiger charge is 2.23. The molecule has 1 aromatic heterocycles. The van der Waals surface area contributed by atoms with Crippen LogP contribution < -0.4 is 4.74 Å². The molecule has 0 aliphatic rings. The minimum Gasteiger partial charge on any atom is -0.494 e. The maximum absolute atomic E-state index is 13.6. The SMILES string of the molecule is CCOc1ccc2c(ccn2S(=O)(=O)c2cccc3ccccc23)c1CN(C)C. The molecule has 0 aliphatic heterocycles. The van der Waals surface area contributed by atoms with Gasteiger partial charge in [0.1, 0.15) is 5.75 Å². The van der Waals surface area contributed by atoms with Crippen LogP contribution in [0.2, 0.25) is 0 Å². The van der Waals surface area contributed by atoms with Crippen LogP contribution in [-0.2, 0) is 16.6 Å². The lowest BCUT2D eigenvalue weighted by atomic mass is 10.1. The van der Waals surface area contributed by atoms with Gasteiger partial charge in [-0.15, -0.1) is 0 Å². The van der Waals surface area contributed by atoms with Crippen molar-refractivity contribution in [2.45, 2.75) is 18.4 Å². The number of aromatic nitrogens is 1. The number of hydrogen-bond donors (Lipinski definition) is 0. The molecular weight excluding hydrogens is 384 g/mol. The summed E-state index contributed by atoms with van der Waals surface area (Å²) < 4.78 is 34.3. The van der Waals surface area contributed by atoms with Gasteiger partial charge < -0.3 is 9.64 Å². The van der Waals surface area contributed by atoms with Gasteiger partial charge in [-0.1, -0.05) is 36.4 Å². The van der Waals surface area contributed by atoms with Gasteiger partial charge in [-0.25, -0.2) is 12.4 Å². The molecular formula is C23H24N2O3S. The van der Waals surface area contributed by atoms with E-state index in [-0.39, 0.29) is 0 Å². The van der Waals surface area contributed by atoms with Crippen molar-refractivity contribution in [3.63, 3.8) is 0 Å². The Morgan fingerprint density at radius 2 is 1.69 bits per heavy atom. The molecule has 0 spiro atoms. The smallest absolute Gasteiger partial charge is 0.268 e. The predicted molar refractivity (Wildman–Crippen MR) is 117 cm³/mol. The molecule has 3 aromatic carbocycles. The molecule has 0 N–H and O–H groups in total. The first-order valence-corrected chi connectivity index (χ1v) is 11.0. The number of rotatable bonds is 6. The Kier molecular flexibility index (Phi) is 5.06. The van der Waals surface area contributed by atoms with E-state index >= 15 is 0 Å². The highest BCUT2D eigenvalue weighted by atomic mass is 32.2. The maximum atomic E-state index is 13.6. The van der Waals surface area contributed by atoms with E-state index in [1.165, 1.54) is 3.97 Å². The number of fused-ring (bicyclic) bond motifs is 2. The largest absolute Gasteiger partial charge is 0.494 e. The summed E-state index contributed by atoms with van der Waals surface area (Å²) in [5, 5.41) is 2.50. The van der Waals surface area contributed by atoms with Crippen molar-refractivity contribution in [2.24, 2.45) is 0 Å². The van der Waals surface area contributed by atoms with Gasteiger partial charge in [-0.3, -0.25) is 0 Å². The van der Waals surface area contributed by atoms with Crippen molar-refractivity contribution >= 4 is 31.7 Å². The molecule has 0 fully saturated rings. The highest BCUT2D eigenvalue weighted by molar-refractivity contribution is 7.90. The first-order chi connectivity index (χ1) is 13.9. The second-order valence-electron chi connectivity index (χ2n) is 7.24. The number of hydrogen-bond acceptors (Lipinski definition) is 4. The first-order valence-electron chi connectivity index (χ1n) is 9.57. The van der Waals surface area contributed by atoms with E-state index in [2.05, 4.69) is 0 Å². The Morgan fingerprint density at radius 3 is 2.45 bits per heavy atom. The van der Waals surface area contributed by atoms with E-state index in [4.69, 9.17) is 4.74 Å². The Labute approximate surface area is 171 Å². The first kappa shape index (κ1) is 19.5. The van der Waals surface area contributed by atoms with Crippen LogP contribution in [0.15, 0.2) is 71.8 Å². The second-order valence-corrected chi connectivity index (χ2v) is 9.02. The average Bonchev–Trinajstić information content (AvgIpc) is 3.14. The summed E-state index contributed by atoms with van der Waals surface area (Å²) in [6, 6.07) is 18.5. The predicted octanol–water partition coefficient (Wildman–Crippen LogP) is 4.49. The third kappa shape index (κ3) is 3.39. The molecule has 5 nitrogen and oxygen atoms in total. The summed E-state index contributed by atoms with van der Waals surface area (Å²) in [5.41, 5.74) is 1.64. The molecule has 29 heavy (non-hydrogen) atoms. The molecule has 0 atom stereocenters. The third-order valence-corrected chi connectivity index (χ3v) is 6.71. The lowest BCUT2D eigenvalue weighted by Crippen LogP contribution is -2.14. The lowest BCUT2D eigenvalue weighted by Gasteiger charge is -2.16. The number of ether oxygens (including phenoxy) is 1. The van der Waals surface area contributed by atoms with Crippen molar-refractivity contribution in [3.8, 4) is 5.75 Å². The molecule has 6 heteroatoms. The zero-order valence-electron chi connectivity index (χ0n) is 16.8. The van der Waals surface area contributed by atoms with Crippen molar-refractivity contribution in [3.05, 3.63) is 72.4 Å². The molecule has 0 saturated carbocycles. The van der Waals surface area contributed by atoms with Crippen molar-refractivity contribution in [2.75, 3.05) is 20.7 Å². The third-order valence-electron chi connectivity index (χ3n) is 4.97. The molecule has 0 aliphatic carbocycles. The summed E-state index contributed by atoms with van der Waals surface area (Å²) in [6.45, 7) is 3.16. The van der Waals surface area contributed by atoms with Crippen LogP contribution in [0.25, 0.3) is 21.7 Å². The summed E-state index contributed by atoms with van der Waals surface area (Å²) in [4.78, 5) is 2.35. The summed E-state index contributed by atoms with van der Waals surface area (Å²) in [7, 11) is 0.212. The summed E-state index contributed by atoms with van der Waals surface area (Å²) in [6.07, 6.45) is 1.64. The van der Waals surface area contributed by atoms with E-state index in [1.54, 1.807) is 18.3 Å². The van der Waals surface area contributed by atoms with E-state index in [0.717, 1.165) is 27.5 Å². The molecule has 4 rings (SSSR count). The molecule has 0 bridgehead atoms. The van der Waals surface area contributed by atoms with Gasteiger partial charge in [-0.05, 0) is 50.7 Å². The van der Waals surface area contributed by atoms with Crippen LogP contribution in [0.3, 0.4) is 0 Å². The zero-order valence-corrected chi connectivity index (χ0v) is 17.6. The van der Waals surface area contributed by atoms with Gasteiger partial charge in [0.25, 0.3) is 10.0 Å². The number of benzene rings is 3. The summed E-state index contributed by atoms with van der Waals surface area (Å²) in [5.74, 6) is 0.786. The van der Waals surface area contributed by atoms with Crippen LogP contribution in [-0.4, -0.2) is 38.0 Å². The monoisotopic (exact) mass is 408 g/mol. The van der Waals surface area contributed by atoms with E-state index in [0.29, 0.717) is 23.6 Å². The second kappa shape index (κ2) is 7.54. The van der Waals surface area contributed by atoms with E-state index in [1.807, 2.05) is 74.4 Å². The minimum absolute atomic E-state index is 0.302. The van der Waals surface area contributed by atoms with Crippen LogP contribution in [0.1, 0.15) is 12.5 Å². The van der Waals surface area contributed by atoms with Crippen molar-refractivity contribution < 1.29 is 13.2 Å². The van der Waals surface area contributed by atoms with Gasteiger partial charge in [0.15, 0.2) is 0 Å². The van der Waals surface area contributed by atoms with Gasteiger partial charge in [0, 0.05) is 29.1 Å². The van der Waals surface area contributed by atoms with Crippen LogP contribution in [0, 0.1) is 0 Å². The van der Waals surface area contributed by atoms with Crippen molar-refractivity contribution in [1.82, 2.24) is 8.87 Å². The average molecular weight is 409 g/mol.